The molecule has 1 amide bonds. The molecule has 0 atom stereocenters. The maximum Gasteiger partial charge on any atom is 0.234 e. The maximum absolute atomic E-state index is 12.3. The summed E-state index contributed by atoms with van der Waals surface area (Å²) >= 11 is 3.10. The molecule has 0 spiro atoms. The van der Waals surface area contributed by atoms with E-state index in [2.05, 4.69) is 45.7 Å². The van der Waals surface area contributed by atoms with Crippen LogP contribution in [-0.4, -0.2) is 39.5 Å². The van der Waals surface area contributed by atoms with Crippen LogP contribution in [0.15, 0.2) is 46.9 Å². The number of nitrogens with one attached hydrogen (secondary N) is 1. The summed E-state index contributed by atoms with van der Waals surface area (Å²) in [6, 6.07) is 12.1. The number of carbonyl (C=O) groups is 1. The lowest BCUT2D eigenvalue weighted by molar-refractivity contribution is -0.113. The van der Waals surface area contributed by atoms with Gasteiger partial charge in [-0.25, -0.2) is 0 Å². The highest BCUT2D eigenvalue weighted by Gasteiger charge is 2.12. The van der Waals surface area contributed by atoms with Gasteiger partial charge in [-0.15, -0.1) is 21.5 Å². The van der Waals surface area contributed by atoms with E-state index in [1.54, 1.807) is 11.3 Å². The molecular formula is C20H25N5OS2. The Bertz CT molecular complexity index is 886. The van der Waals surface area contributed by atoms with Crippen LogP contribution in [0.1, 0.15) is 24.5 Å². The molecule has 0 radical (unpaired) electrons. The van der Waals surface area contributed by atoms with Crippen molar-refractivity contribution in [2.45, 2.75) is 25.4 Å². The number of anilines is 2. The van der Waals surface area contributed by atoms with Crippen LogP contribution in [0.5, 0.6) is 0 Å². The lowest BCUT2D eigenvalue weighted by Gasteiger charge is -2.21. The van der Waals surface area contributed by atoms with Crippen molar-refractivity contribution in [2.24, 2.45) is 7.05 Å². The number of amides is 1. The number of thiophene rings is 1. The molecule has 3 rings (SSSR count). The van der Waals surface area contributed by atoms with Crippen LogP contribution in [0.4, 0.5) is 11.4 Å². The minimum Gasteiger partial charge on any atom is -0.372 e. The maximum atomic E-state index is 12.3. The average Bonchev–Trinajstić information content (AvgIpc) is 3.33. The fraction of sp³-hybridized carbons (Fsp3) is 0.350. The number of aromatic nitrogens is 3. The van der Waals surface area contributed by atoms with Crippen molar-refractivity contribution in [1.29, 1.82) is 0 Å². The number of nitrogens with zero attached hydrogens (tertiary/aromatic N) is 4. The Kier molecular flexibility index (Phi) is 7.11. The highest BCUT2D eigenvalue weighted by atomic mass is 32.2. The molecule has 0 aliphatic heterocycles. The van der Waals surface area contributed by atoms with Crippen LogP contribution in [0, 0.1) is 0 Å². The van der Waals surface area contributed by atoms with Crippen molar-refractivity contribution in [3.05, 3.63) is 52.5 Å². The Morgan fingerprint density at radius 3 is 2.57 bits per heavy atom. The van der Waals surface area contributed by atoms with E-state index in [0.29, 0.717) is 5.75 Å². The van der Waals surface area contributed by atoms with Crippen LogP contribution >= 0.6 is 23.1 Å². The van der Waals surface area contributed by atoms with E-state index in [1.807, 2.05) is 41.9 Å². The normalized spacial score (nSPS) is 10.8. The molecule has 0 fully saturated rings. The Labute approximate surface area is 174 Å². The van der Waals surface area contributed by atoms with Gasteiger partial charge in [0.2, 0.25) is 5.91 Å². The molecule has 1 aromatic carbocycles. The van der Waals surface area contributed by atoms with Gasteiger partial charge in [0, 0.05) is 42.8 Å². The first-order valence-electron chi connectivity index (χ1n) is 9.29. The predicted octanol–water partition coefficient (Wildman–Crippen LogP) is 4.04. The molecule has 2 aromatic heterocycles. The first kappa shape index (κ1) is 20.4. The van der Waals surface area contributed by atoms with E-state index in [4.69, 9.17) is 0 Å². The molecule has 0 aliphatic rings. The van der Waals surface area contributed by atoms with Crippen molar-refractivity contribution < 1.29 is 4.79 Å². The van der Waals surface area contributed by atoms with Crippen LogP contribution in [0.25, 0.3) is 0 Å². The summed E-state index contributed by atoms with van der Waals surface area (Å²) in [6.45, 7) is 6.19. The number of hydrogen-bond donors (Lipinski definition) is 1. The third-order valence-electron chi connectivity index (χ3n) is 4.45. The van der Waals surface area contributed by atoms with Gasteiger partial charge in [-0.1, -0.05) is 17.8 Å². The number of thioether (sulfide) groups is 1. The summed E-state index contributed by atoms with van der Waals surface area (Å²) in [4.78, 5) is 15.8. The first-order valence-corrected chi connectivity index (χ1v) is 11.2. The van der Waals surface area contributed by atoms with Crippen molar-refractivity contribution in [3.8, 4) is 0 Å². The van der Waals surface area contributed by atoms with Gasteiger partial charge in [-0.3, -0.25) is 4.79 Å². The summed E-state index contributed by atoms with van der Waals surface area (Å²) in [7, 11) is 1.94. The highest BCUT2D eigenvalue weighted by Crippen LogP contribution is 2.21. The van der Waals surface area contributed by atoms with Crippen molar-refractivity contribution in [2.75, 3.05) is 29.1 Å². The van der Waals surface area contributed by atoms with Gasteiger partial charge in [0.15, 0.2) is 5.16 Å². The lowest BCUT2D eigenvalue weighted by atomic mass is 10.2. The molecule has 6 nitrogen and oxygen atoms in total. The zero-order chi connectivity index (χ0) is 19.9. The van der Waals surface area contributed by atoms with Crippen LogP contribution < -0.4 is 10.2 Å². The number of carbonyl (C=O) groups excluding carboxylic acids is 1. The second-order valence-corrected chi connectivity index (χ2v) is 8.24. The second-order valence-electron chi connectivity index (χ2n) is 6.27. The SMILES string of the molecule is CCN(CC)c1ccc(NC(=O)CSc2nnc(Cc3cccs3)n2C)cc1. The monoisotopic (exact) mass is 415 g/mol. The van der Waals surface area contributed by atoms with E-state index in [-0.39, 0.29) is 5.91 Å². The first-order chi connectivity index (χ1) is 13.6. The molecule has 28 heavy (non-hydrogen) atoms. The summed E-state index contributed by atoms with van der Waals surface area (Å²) in [5.41, 5.74) is 1.97. The van der Waals surface area contributed by atoms with E-state index < -0.39 is 0 Å². The minimum atomic E-state index is -0.0524. The standard InChI is InChI=1S/C20H25N5OS2/c1-4-25(5-2)16-10-8-15(9-11-16)21-19(26)14-28-20-23-22-18(24(20)3)13-17-7-6-12-27-17/h6-12H,4-5,13-14H2,1-3H3,(H,21,26). The third-order valence-corrected chi connectivity index (χ3v) is 6.35. The van der Waals surface area contributed by atoms with Crippen molar-refractivity contribution >= 4 is 40.4 Å². The number of hydrogen-bond acceptors (Lipinski definition) is 6. The summed E-state index contributed by atoms with van der Waals surface area (Å²) < 4.78 is 1.95. The fourth-order valence-corrected chi connectivity index (χ4v) is 4.30. The van der Waals surface area contributed by atoms with Crippen LogP contribution in [0.2, 0.25) is 0 Å². The van der Waals surface area contributed by atoms with Crippen molar-refractivity contribution in [1.82, 2.24) is 14.8 Å². The Hall–Kier alpha value is -2.32. The molecule has 8 heteroatoms. The molecular weight excluding hydrogens is 390 g/mol. The minimum absolute atomic E-state index is 0.0524. The van der Waals surface area contributed by atoms with Gasteiger partial charge in [0.05, 0.1) is 5.75 Å². The van der Waals surface area contributed by atoms with Gasteiger partial charge in [-0.2, -0.15) is 0 Å². The number of benzene rings is 1. The van der Waals surface area contributed by atoms with Crippen LogP contribution in [-0.2, 0) is 18.3 Å². The van der Waals surface area contributed by atoms with E-state index >= 15 is 0 Å². The lowest BCUT2D eigenvalue weighted by Crippen LogP contribution is -2.21. The summed E-state index contributed by atoms with van der Waals surface area (Å²) in [6.07, 6.45) is 0.757. The van der Waals surface area contributed by atoms with Crippen molar-refractivity contribution in [3.63, 3.8) is 0 Å². The zero-order valence-corrected chi connectivity index (χ0v) is 18.0. The largest absolute Gasteiger partial charge is 0.372 e. The highest BCUT2D eigenvalue weighted by molar-refractivity contribution is 7.99. The number of rotatable bonds is 9. The molecule has 3 aromatic rings. The molecule has 0 bridgehead atoms. The van der Waals surface area contributed by atoms with Gasteiger partial charge < -0.3 is 14.8 Å². The fourth-order valence-electron chi connectivity index (χ4n) is 2.87. The quantitative estimate of drug-likeness (QED) is 0.534. The van der Waals surface area contributed by atoms with E-state index in [1.165, 1.54) is 16.6 Å². The van der Waals surface area contributed by atoms with E-state index in [0.717, 1.165) is 41.9 Å². The Balaban J connectivity index is 1.52. The molecule has 0 saturated carbocycles. The molecule has 0 unspecified atom stereocenters. The van der Waals surface area contributed by atoms with Gasteiger partial charge in [0.1, 0.15) is 5.82 Å². The van der Waals surface area contributed by atoms with E-state index in [9.17, 15) is 4.79 Å². The second kappa shape index (κ2) is 9.75. The summed E-state index contributed by atoms with van der Waals surface area (Å²) in [5.74, 6) is 1.14. The molecule has 0 saturated heterocycles. The molecule has 0 aliphatic carbocycles. The third kappa shape index (κ3) is 5.14. The Morgan fingerprint density at radius 2 is 1.93 bits per heavy atom. The van der Waals surface area contributed by atoms with Gasteiger partial charge >= 0.3 is 0 Å². The molecule has 1 N–H and O–H groups in total. The predicted molar refractivity (Wildman–Crippen MR) is 117 cm³/mol. The topological polar surface area (TPSA) is 63.1 Å². The summed E-state index contributed by atoms with van der Waals surface area (Å²) in [5, 5.41) is 14.2. The smallest absolute Gasteiger partial charge is 0.234 e. The molecule has 2 heterocycles. The Morgan fingerprint density at radius 1 is 1.18 bits per heavy atom. The van der Waals surface area contributed by atoms with Crippen LogP contribution in [0.3, 0.4) is 0 Å². The van der Waals surface area contributed by atoms with Gasteiger partial charge in [0.25, 0.3) is 0 Å². The zero-order valence-electron chi connectivity index (χ0n) is 16.4. The molecule has 148 valence electrons. The van der Waals surface area contributed by atoms with Gasteiger partial charge in [-0.05, 0) is 49.6 Å². The average molecular weight is 416 g/mol.